The normalized spacial score (nSPS) is 10.7. The molecule has 112 valence electrons. The van der Waals surface area contributed by atoms with Crippen molar-refractivity contribution in [2.24, 2.45) is 0 Å². The van der Waals surface area contributed by atoms with Crippen LogP contribution in [0.25, 0.3) is 0 Å². The number of aryl methyl sites for hydroxylation is 1. The lowest BCUT2D eigenvalue weighted by Gasteiger charge is -2.09. The molecule has 0 saturated carbocycles. The van der Waals surface area contributed by atoms with E-state index in [-0.39, 0.29) is 5.75 Å². The highest BCUT2D eigenvalue weighted by Crippen LogP contribution is 2.16. The van der Waals surface area contributed by atoms with Crippen molar-refractivity contribution in [1.29, 1.82) is 0 Å². The summed E-state index contributed by atoms with van der Waals surface area (Å²) in [6.45, 7) is 0.0194. The molecule has 0 spiro atoms. The van der Waals surface area contributed by atoms with Gasteiger partial charge in [-0.05, 0) is 41.8 Å². The highest BCUT2D eigenvalue weighted by atomic mass is 19.3. The van der Waals surface area contributed by atoms with Gasteiger partial charge in [0.05, 0.1) is 0 Å². The van der Waals surface area contributed by atoms with Crippen LogP contribution < -0.4 is 10.1 Å². The molecule has 0 saturated heterocycles. The Labute approximate surface area is 123 Å². The Hall–Kier alpha value is -2.10. The minimum atomic E-state index is -2.78. The first-order chi connectivity index (χ1) is 10.2. The molecule has 0 radical (unpaired) electrons. The lowest BCUT2D eigenvalue weighted by atomic mass is 10.1. The molecule has 2 aromatic rings. The number of alkyl halides is 2. The van der Waals surface area contributed by atoms with Crippen molar-refractivity contribution >= 4 is 5.69 Å². The summed E-state index contributed by atoms with van der Waals surface area (Å²) in [5, 5.41) is 3.30. The summed E-state index contributed by atoms with van der Waals surface area (Å²) in [7, 11) is 0. The van der Waals surface area contributed by atoms with Crippen molar-refractivity contribution in [3.05, 3.63) is 59.7 Å². The van der Waals surface area contributed by atoms with Gasteiger partial charge in [-0.3, -0.25) is 0 Å². The molecule has 0 unspecified atom stereocenters. The van der Waals surface area contributed by atoms with E-state index in [9.17, 15) is 8.78 Å². The standard InChI is InChI=1S/C17H19F2NO/c1-2-3-13-4-8-15(9-5-13)20-12-14-6-10-16(11-7-14)21-17(18)19/h4-11,17,20H,2-3,12H2,1H3. The molecule has 0 atom stereocenters. The highest BCUT2D eigenvalue weighted by molar-refractivity contribution is 5.45. The smallest absolute Gasteiger partial charge is 0.387 e. The van der Waals surface area contributed by atoms with Crippen LogP contribution in [0.5, 0.6) is 5.75 Å². The fourth-order valence-corrected chi connectivity index (χ4v) is 2.07. The second-order valence-electron chi connectivity index (χ2n) is 4.82. The number of anilines is 1. The quantitative estimate of drug-likeness (QED) is 0.787. The zero-order valence-corrected chi connectivity index (χ0v) is 12.0. The van der Waals surface area contributed by atoms with Crippen molar-refractivity contribution in [2.75, 3.05) is 5.32 Å². The van der Waals surface area contributed by atoms with E-state index < -0.39 is 6.61 Å². The molecular formula is C17H19F2NO. The van der Waals surface area contributed by atoms with Gasteiger partial charge in [0.25, 0.3) is 0 Å². The summed E-state index contributed by atoms with van der Waals surface area (Å²) in [5.74, 6) is 0.178. The van der Waals surface area contributed by atoms with E-state index in [1.165, 1.54) is 5.56 Å². The predicted octanol–water partition coefficient (Wildman–Crippen LogP) is 4.85. The van der Waals surface area contributed by atoms with E-state index in [1.807, 2.05) is 0 Å². The molecule has 0 aliphatic carbocycles. The number of halogens is 2. The second-order valence-corrected chi connectivity index (χ2v) is 4.82. The van der Waals surface area contributed by atoms with Crippen LogP contribution in [0, 0.1) is 0 Å². The molecule has 0 fully saturated rings. The second kappa shape index (κ2) is 7.62. The van der Waals surface area contributed by atoms with Gasteiger partial charge in [-0.25, -0.2) is 0 Å². The number of hydrogen-bond donors (Lipinski definition) is 1. The Morgan fingerprint density at radius 3 is 2.14 bits per heavy atom. The number of hydrogen-bond acceptors (Lipinski definition) is 2. The van der Waals surface area contributed by atoms with Gasteiger partial charge in [0.1, 0.15) is 5.75 Å². The van der Waals surface area contributed by atoms with Gasteiger partial charge in [0.15, 0.2) is 0 Å². The zero-order chi connectivity index (χ0) is 15.1. The summed E-state index contributed by atoms with van der Waals surface area (Å²) >= 11 is 0. The number of benzene rings is 2. The maximum Gasteiger partial charge on any atom is 0.387 e. The minimum absolute atomic E-state index is 0.178. The molecule has 2 aromatic carbocycles. The lowest BCUT2D eigenvalue weighted by molar-refractivity contribution is -0.0498. The molecular weight excluding hydrogens is 272 g/mol. The van der Waals surface area contributed by atoms with Gasteiger partial charge >= 0.3 is 6.61 Å². The van der Waals surface area contributed by atoms with Crippen LogP contribution in [-0.4, -0.2) is 6.61 Å². The van der Waals surface area contributed by atoms with Gasteiger partial charge in [-0.15, -0.1) is 0 Å². The Kier molecular flexibility index (Phi) is 5.55. The number of nitrogens with one attached hydrogen (secondary N) is 1. The first-order valence-corrected chi connectivity index (χ1v) is 7.04. The Morgan fingerprint density at radius 1 is 0.952 bits per heavy atom. The summed E-state index contributed by atoms with van der Waals surface area (Å²) in [4.78, 5) is 0. The van der Waals surface area contributed by atoms with E-state index >= 15 is 0 Å². The first-order valence-electron chi connectivity index (χ1n) is 7.04. The third-order valence-electron chi connectivity index (χ3n) is 3.14. The summed E-state index contributed by atoms with van der Waals surface area (Å²) in [5.41, 5.74) is 3.38. The zero-order valence-electron chi connectivity index (χ0n) is 12.0. The van der Waals surface area contributed by atoms with Gasteiger partial charge in [0.2, 0.25) is 0 Å². The number of rotatable bonds is 7. The molecule has 0 bridgehead atoms. The molecule has 0 heterocycles. The Morgan fingerprint density at radius 2 is 1.57 bits per heavy atom. The number of ether oxygens (including phenoxy) is 1. The van der Waals surface area contributed by atoms with E-state index in [1.54, 1.807) is 24.3 Å². The molecule has 0 amide bonds. The molecule has 4 heteroatoms. The third kappa shape index (κ3) is 5.06. The molecule has 1 N–H and O–H groups in total. The SMILES string of the molecule is CCCc1ccc(NCc2ccc(OC(F)F)cc2)cc1. The van der Waals surface area contributed by atoms with Crippen molar-refractivity contribution in [3.63, 3.8) is 0 Å². The Bertz CT molecular complexity index is 538. The van der Waals surface area contributed by atoms with E-state index in [2.05, 4.69) is 41.2 Å². The maximum atomic E-state index is 12.0. The predicted molar refractivity (Wildman–Crippen MR) is 80.8 cm³/mol. The van der Waals surface area contributed by atoms with Crippen LogP contribution in [0.15, 0.2) is 48.5 Å². The first kappa shape index (κ1) is 15.3. The Balaban J connectivity index is 1.87. The van der Waals surface area contributed by atoms with Gasteiger partial charge in [0, 0.05) is 12.2 Å². The van der Waals surface area contributed by atoms with Crippen molar-refractivity contribution in [2.45, 2.75) is 32.9 Å². The summed E-state index contributed by atoms with van der Waals surface area (Å²) < 4.78 is 28.4. The van der Waals surface area contributed by atoms with Crippen molar-refractivity contribution in [1.82, 2.24) is 0 Å². The van der Waals surface area contributed by atoms with Gasteiger partial charge < -0.3 is 10.1 Å². The molecule has 0 aromatic heterocycles. The van der Waals surface area contributed by atoms with Crippen LogP contribution in [-0.2, 0) is 13.0 Å². The average Bonchev–Trinajstić information content (AvgIpc) is 2.48. The highest BCUT2D eigenvalue weighted by Gasteiger charge is 2.03. The fraction of sp³-hybridized carbons (Fsp3) is 0.294. The maximum absolute atomic E-state index is 12.0. The monoisotopic (exact) mass is 291 g/mol. The van der Waals surface area contributed by atoms with Crippen LogP contribution in [0.4, 0.5) is 14.5 Å². The van der Waals surface area contributed by atoms with E-state index in [4.69, 9.17) is 0 Å². The van der Waals surface area contributed by atoms with Crippen LogP contribution in [0.2, 0.25) is 0 Å². The molecule has 21 heavy (non-hydrogen) atoms. The molecule has 0 aliphatic heterocycles. The van der Waals surface area contributed by atoms with Crippen LogP contribution >= 0.6 is 0 Å². The lowest BCUT2D eigenvalue weighted by Crippen LogP contribution is -2.03. The fourth-order valence-electron chi connectivity index (χ4n) is 2.07. The topological polar surface area (TPSA) is 21.3 Å². The third-order valence-corrected chi connectivity index (χ3v) is 3.14. The van der Waals surface area contributed by atoms with Crippen molar-refractivity contribution < 1.29 is 13.5 Å². The summed E-state index contributed by atoms with van der Waals surface area (Å²) in [6, 6.07) is 15.0. The largest absolute Gasteiger partial charge is 0.435 e. The van der Waals surface area contributed by atoms with Crippen LogP contribution in [0.1, 0.15) is 24.5 Å². The van der Waals surface area contributed by atoms with E-state index in [0.717, 1.165) is 24.1 Å². The minimum Gasteiger partial charge on any atom is -0.435 e. The summed E-state index contributed by atoms with van der Waals surface area (Å²) in [6.07, 6.45) is 2.23. The van der Waals surface area contributed by atoms with Gasteiger partial charge in [-0.1, -0.05) is 37.6 Å². The van der Waals surface area contributed by atoms with E-state index in [0.29, 0.717) is 6.54 Å². The van der Waals surface area contributed by atoms with Gasteiger partial charge in [-0.2, -0.15) is 8.78 Å². The van der Waals surface area contributed by atoms with Crippen LogP contribution in [0.3, 0.4) is 0 Å². The average molecular weight is 291 g/mol. The molecule has 2 rings (SSSR count). The van der Waals surface area contributed by atoms with Crippen molar-refractivity contribution in [3.8, 4) is 5.75 Å². The molecule has 0 aliphatic rings. The molecule has 2 nitrogen and oxygen atoms in total.